The first-order chi connectivity index (χ1) is 11.7. The van der Waals surface area contributed by atoms with E-state index in [0.29, 0.717) is 19.0 Å². The van der Waals surface area contributed by atoms with Crippen molar-refractivity contribution in [2.45, 2.75) is 45.6 Å². The van der Waals surface area contributed by atoms with E-state index < -0.39 is 0 Å². The van der Waals surface area contributed by atoms with Crippen molar-refractivity contribution in [2.24, 2.45) is 5.41 Å². The summed E-state index contributed by atoms with van der Waals surface area (Å²) in [6.07, 6.45) is 4.85. The Morgan fingerprint density at radius 2 is 1.92 bits per heavy atom. The number of aliphatic hydroxyl groups is 1. The molecule has 2 heterocycles. The molecule has 24 heavy (non-hydrogen) atoms. The van der Waals surface area contributed by atoms with Crippen molar-refractivity contribution in [3.63, 3.8) is 0 Å². The minimum absolute atomic E-state index is 0.117. The lowest BCUT2D eigenvalue weighted by molar-refractivity contribution is 0.0348. The summed E-state index contributed by atoms with van der Waals surface area (Å²) in [5.74, 6) is 1.48. The number of benzene rings is 1. The lowest BCUT2D eigenvalue weighted by Crippen LogP contribution is -2.41. The van der Waals surface area contributed by atoms with Gasteiger partial charge in [-0.15, -0.1) is 0 Å². The first kappa shape index (κ1) is 17.1. The molecule has 0 bridgehead atoms. The normalized spacial score (nSPS) is 17.9. The van der Waals surface area contributed by atoms with Gasteiger partial charge in [-0.3, -0.25) is 4.90 Å². The summed E-state index contributed by atoms with van der Waals surface area (Å²) in [7, 11) is 0. The van der Waals surface area contributed by atoms with Gasteiger partial charge in [0.25, 0.3) is 0 Å². The molecule has 1 aromatic carbocycles. The number of rotatable bonds is 7. The van der Waals surface area contributed by atoms with E-state index in [-0.39, 0.29) is 5.41 Å². The number of nitrogens with zero attached hydrogens (tertiary/aromatic N) is 3. The van der Waals surface area contributed by atoms with Crippen LogP contribution in [-0.4, -0.2) is 39.8 Å². The Labute approximate surface area is 143 Å². The van der Waals surface area contributed by atoms with Gasteiger partial charge in [-0.25, -0.2) is 0 Å². The Hall–Kier alpha value is -1.72. The molecule has 2 aromatic rings. The van der Waals surface area contributed by atoms with Crippen LogP contribution in [0.2, 0.25) is 0 Å². The molecule has 1 aromatic heterocycles. The fourth-order valence-electron chi connectivity index (χ4n) is 3.36. The monoisotopic (exact) mass is 329 g/mol. The summed E-state index contributed by atoms with van der Waals surface area (Å²) in [5, 5.41) is 13.7. The van der Waals surface area contributed by atoms with Crippen molar-refractivity contribution in [3.05, 3.63) is 47.6 Å². The highest BCUT2D eigenvalue weighted by molar-refractivity contribution is 5.15. The lowest BCUT2D eigenvalue weighted by atomic mass is 9.77. The predicted octanol–water partition coefficient (Wildman–Crippen LogP) is 2.84. The molecule has 0 unspecified atom stereocenters. The number of piperidine rings is 1. The highest BCUT2D eigenvalue weighted by Crippen LogP contribution is 2.34. The largest absolute Gasteiger partial charge is 0.396 e. The summed E-state index contributed by atoms with van der Waals surface area (Å²) >= 11 is 0. The number of aromatic nitrogens is 2. The molecule has 1 fully saturated rings. The van der Waals surface area contributed by atoms with Crippen LogP contribution in [0.1, 0.15) is 43.5 Å². The fraction of sp³-hybridized carbons (Fsp3) is 0.579. The highest BCUT2D eigenvalue weighted by Gasteiger charge is 2.32. The zero-order valence-electron chi connectivity index (χ0n) is 14.4. The van der Waals surface area contributed by atoms with Crippen LogP contribution in [0.4, 0.5) is 0 Å². The van der Waals surface area contributed by atoms with Gasteiger partial charge in [0, 0.05) is 13.0 Å². The van der Waals surface area contributed by atoms with Crippen LogP contribution >= 0.6 is 0 Å². The summed E-state index contributed by atoms with van der Waals surface area (Å²) in [6.45, 7) is 5.14. The second-order valence-electron chi connectivity index (χ2n) is 6.88. The Kier molecular flexibility index (Phi) is 5.63. The molecule has 1 N–H and O–H groups in total. The number of hydrogen-bond acceptors (Lipinski definition) is 5. The van der Waals surface area contributed by atoms with Crippen molar-refractivity contribution < 1.29 is 9.63 Å². The lowest BCUT2D eigenvalue weighted by Gasteiger charge is -2.39. The Morgan fingerprint density at radius 3 is 2.58 bits per heavy atom. The maximum Gasteiger partial charge on any atom is 0.240 e. The van der Waals surface area contributed by atoms with E-state index in [1.54, 1.807) is 0 Å². The van der Waals surface area contributed by atoms with Crippen molar-refractivity contribution in [1.82, 2.24) is 15.0 Å². The summed E-state index contributed by atoms with van der Waals surface area (Å²) in [6, 6.07) is 10.4. The third-order valence-electron chi connectivity index (χ3n) is 5.35. The predicted molar refractivity (Wildman–Crippen MR) is 92.5 cm³/mol. The van der Waals surface area contributed by atoms with Crippen LogP contribution in [0.5, 0.6) is 0 Å². The van der Waals surface area contributed by atoms with Crippen molar-refractivity contribution >= 4 is 0 Å². The first-order valence-electron chi connectivity index (χ1n) is 8.92. The quantitative estimate of drug-likeness (QED) is 0.846. The average Bonchev–Trinajstić information content (AvgIpc) is 3.09. The Bertz CT molecular complexity index is 613. The SMILES string of the molecule is CCC1(CO)CCN(Cc2nc(CCc3ccccc3)no2)CC1. The molecule has 1 aliphatic heterocycles. The van der Waals surface area contributed by atoms with Crippen LogP contribution in [0.25, 0.3) is 0 Å². The standard InChI is InChI=1S/C19H27N3O2/c1-2-19(15-23)10-12-22(13-11-19)14-18-20-17(21-24-18)9-8-16-6-4-3-5-7-16/h3-7,23H,2,8-15H2,1H3. The minimum Gasteiger partial charge on any atom is -0.396 e. The maximum absolute atomic E-state index is 9.61. The summed E-state index contributed by atoms with van der Waals surface area (Å²) in [4.78, 5) is 6.87. The Morgan fingerprint density at radius 1 is 1.17 bits per heavy atom. The second-order valence-corrected chi connectivity index (χ2v) is 6.88. The molecule has 5 nitrogen and oxygen atoms in total. The van der Waals surface area contributed by atoms with Crippen LogP contribution in [-0.2, 0) is 19.4 Å². The Balaban J connectivity index is 1.48. The number of likely N-dealkylation sites (tertiary alicyclic amines) is 1. The van der Waals surface area contributed by atoms with Gasteiger partial charge in [0.1, 0.15) is 0 Å². The molecule has 0 radical (unpaired) electrons. The van der Waals surface area contributed by atoms with E-state index in [1.807, 2.05) is 6.07 Å². The van der Waals surface area contributed by atoms with Crippen molar-refractivity contribution in [2.75, 3.05) is 19.7 Å². The molecule has 5 heteroatoms. The molecule has 0 spiro atoms. The van der Waals surface area contributed by atoms with Gasteiger partial charge in [-0.05, 0) is 49.8 Å². The van der Waals surface area contributed by atoms with E-state index in [9.17, 15) is 5.11 Å². The summed E-state index contributed by atoms with van der Waals surface area (Å²) < 4.78 is 5.41. The molecule has 130 valence electrons. The average molecular weight is 329 g/mol. The van der Waals surface area contributed by atoms with E-state index in [4.69, 9.17) is 4.52 Å². The van der Waals surface area contributed by atoms with Crippen LogP contribution in [0.15, 0.2) is 34.9 Å². The van der Waals surface area contributed by atoms with E-state index in [1.165, 1.54) is 5.56 Å². The number of hydrogen-bond donors (Lipinski definition) is 1. The van der Waals surface area contributed by atoms with Gasteiger partial charge < -0.3 is 9.63 Å². The topological polar surface area (TPSA) is 62.4 Å². The molecule has 0 atom stereocenters. The zero-order valence-corrected chi connectivity index (χ0v) is 14.4. The van der Waals surface area contributed by atoms with Gasteiger partial charge in [-0.1, -0.05) is 42.4 Å². The third kappa shape index (κ3) is 4.22. The van der Waals surface area contributed by atoms with Gasteiger partial charge >= 0.3 is 0 Å². The van der Waals surface area contributed by atoms with Crippen LogP contribution in [0.3, 0.4) is 0 Å². The molecular formula is C19H27N3O2. The van der Waals surface area contributed by atoms with Crippen molar-refractivity contribution in [1.29, 1.82) is 0 Å². The maximum atomic E-state index is 9.61. The fourth-order valence-corrected chi connectivity index (χ4v) is 3.36. The van der Waals surface area contributed by atoms with Crippen LogP contribution < -0.4 is 0 Å². The van der Waals surface area contributed by atoms with Gasteiger partial charge in [0.05, 0.1) is 6.54 Å². The van der Waals surface area contributed by atoms with Gasteiger partial charge in [0.15, 0.2) is 5.82 Å². The van der Waals surface area contributed by atoms with E-state index >= 15 is 0 Å². The third-order valence-corrected chi connectivity index (χ3v) is 5.35. The molecule has 3 rings (SSSR count). The second kappa shape index (κ2) is 7.90. The minimum atomic E-state index is 0.117. The van der Waals surface area contributed by atoms with E-state index in [2.05, 4.69) is 46.2 Å². The molecule has 1 aliphatic rings. The van der Waals surface area contributed by atoms with Gasteiger partial charge in [-0.2, -0.15) is 4.98 Å². The molecule has 1 saturated heterocycles. The summed E-state index contributed by atoms with van der Waals surface area (Å²) in [5.41, 5.74) is 1.41. The number of aryl methyl sites for hydroxylation is 2. The highest BCUT2D eigenvalue weighted by atomic mass is 16.5. The molecular weight excluding hydrogens is 302 g/mol. The van der Waals surface area contributed by atoms with E-state index in [0.717, 1.165) is 51.0 Å². The van der Waals surface area contributed by atoms with Crippen molar-refractivity contribution in [3.8, 4) is 0 Å². The smallest absolute Gasteiger partial charge is 0.240 e. The molecule has 0 amide bonds. The first-order valence-corrected chi connectivity index (χ1v) is 8.92. The molecule has 0 saturated carbocycles. The number of aliphatic hydroxyl groups excluding tert-OH is 1. The van der Waals surface area contributed by atoms with Gasteiger partial charge in [0.2, 0.25) is 5.89 Å². The van der Waals surface area contributed by atoms with Crippen LogP contribution in [0, 0.1) is 5.41 Å². The zero-order chi connectivity index (χ0) is 16.8. The molecule has 0 aliphatic carbocycles.